The summed E-state index contributed by atoms with van der Waals surface area (Å²) in [6, 6.07) is 3.23. The van der Waals surface area contributed by atoms with Gasteiger partial charge in [-0.3, -0.25) is 0 Å². The third kappa shape index (κ3) is 1.20. The summed E-state index contributed by atoms with van der Waals surface area (Å²) in [5.74, 6) is -0.329. The van der Waals surface area contributed by atoms with Crippen molar-refractivity contribution in [1.29, 1.82) is 0 Å². The summed E-state index contributed by atoms with van der Waals surface area (Å²) in [5.41, 5.74) is 0.469. The molecule has 0 saturated carbocycles. The summed E-state index contributed by atoms with van der Waals surface area (Å²) in [6.07, 6.45) is 0. The molecule has 0 aliphatic carbocycles. The van der Waals surface area contributed by atoms with Crippen LogP contribution >= 0.6 is 11.6 Å². The molecule has 0 N–H and O–H groups in total. The lowest BCUT2D eigenvalue weighted by Crippen LogP contribution is -2.17. The molecular weight excluding hydrogens is 190 g/mol. The van der Waals surface area contributed by atoms with Gasteiger partial charge in [-0.25, -0.2) is 9.78 Å². The standard InChI is InChI=1S/C9H8ClNO2/c1-9(2)7-5(8(12)13-9)3-4-6(10)11-7/h3-4H,1-2H3. The monoisotopic (exact) mass is 197 g/mol. The van der Waals surface area contributed by atoms with Gasteiger partial charge < -0.3 is 4.74 Å². The summed E-state index contributed by atoms with van der Waals surface area (Å²) in [4.78, 5) is 15.4. The van der Waals surface area contributed by atoms with Crippen LogP contribution in [-0.4, -0.2) is 11.0 Å². The first-order valence-electron chi connectivity index (χ1n) is 3.91. The molecular formula is C9H8ClNO2. The highest BCUT2D eigenvalue weighted by molar-refractivity contribution is 6.29. The Morgan fingerprint density at radius 1 is 1.46 bits per heavy atom. The normalized spacial score (nSPS) is 18.2. The Bertz CT molecular complexity index is 387. The molecule has 13 heavy (non-hydrogen) atoms. The second-order valence-corrected chi connectivity index (χ2v) is 3.82. The first-order valence-corrected chi connectivity index (χ1v) is 4.29. The summed E-state index contributed by atoms with van der Waals surface area (Å²) >= 11 is 5.72. The minimum Gasteiger partial charge on any atom is -0.449 e. The molecule has 1 aliphatic rings. The fourth-order valence-corrected chi connectivity index (χ4v) is 1.54. The second-order valence-electron chi connectivity index (χ2n) is 3.43. The molecule has 0 fully saturated rings. The molecule has 2 rings (SSSR count). The van der Waals surface area contributed by atoms with Crippen LogP contribution in [0.25, 0.3) is 0 Å². The van der Waals surface area contributed by atoms with Crippen molar-refractivity contribution in [2.45, 2.75) is 19.4 Å². The Kier molecular flexibility index (Phi) is 1.60. The number of ether oxygens (including phenoxy) is 1. The number of rotatable bonds is 0. The third-order valence-electron chi connectivity index (χ3n) is 2.00. The van der Waals surface area contributed by atoms with E-state index in [2.05, 4.69) is 4.98 Å². The molecule has 0 radical (unpaired) electrons. The van der Waals surface area contributed by atoms with E-state index in [1.807, 2.05) is 0 Å². The number of esters is 1. The highest BCUT2D eigenvalue weighted by Gasteiger charge is 2.39. The van der Waals surface area contributed by atoms with E-state index in [4.69, 9.17) is 16.3 Å². The quantitative estimate of drug-likeness (QED) is 0.473. The van der Waals surface area contributed by atoms with Gasteiger partial charge in [0.05, 0.1) is 11.3 Å². The Labute approximate surface area is 80.7 Å². The number of fused-ring (bicyclic) bond motifs is 1. The molecule has 1 aliphatic heterocycles. The number of cyclic esters (lactones) is 1. The summed E-state index contributed by atoms with van der Waals surface area (Å²) in [6.45, 7) is 3.58. The number of aromatic nitrogens is 1. The predicted octanol–water partition coefficient (Wildman–Crippen LogP) is 2.14. The van der Waals surface area contributed by atoms with E-state index in [1.54, 1.807) is 26.0 Å². The van der Waals surface area contributed by atoms with Crippen LogP contribution in [0.4, 0.5) is 0 Å². The lowest BCUT2D eigenvalue weighted by molar-refractivity contribution is 0.00832. The molecule has 0 atom stereocenters. The van der Waals surface area contributed by atoms with E-state index < -0.39 is 5.60 Å². The van der Waals surface area contributed by atoms with Crippen molar-refractivity contribution in [2.24, 2.45) is 0 Å². The molecule has 0 bridgehead atoms. The van der Waals surface area contributed by atoms with Crippen molar-refractivity contribution in [3.63, 3.8) is 0 Å². The topological polar surface area (TPSA) is 39.2 Å². The number of hydrogen-bond acceptors (Lipinski definition) is 3. The second kappa shape index (κ2) is 2.45. The minimum absolute atomic E-state index is 0.329. The number of hydrogen-bond donors (Lipinski definition) is 0. The largest absolute Gasteiger partial charge is 0.449 e. The van der Waals surface area contributed by atoms with Gasteiger partial charge in [-0.2, -0.15) is 0 Å². The number of pyridine rings is 1. The highest BCUT2D eigenvalue weighted by atomic mass is 35.5. The molecule has 1 aromatic rings. The van der Waals surface area contributed by atoms with Crippen LogP contribution in [0.1, 0.15) is 29.9 Å². The van der Waals surface area contributed by atoms with Gasteiger partial charge in [-0.05, 0) is 26.0 Å². The zero-order chi connectivity index (χ0) is 9.64. The summed E-state index contributed by atoms with van der Waals surface area (Å²) in [7, 11) is 0. The number of halogens is 1. The molecule has 0 aromatic carbocycles. The lowest BCUT2D eigenvalue weighted by atomic mass is 10.0. The van der Waals surface area contributed by atoms with Crippen LogP contribution in [0.3, 0.4) is 0 Å². The van der Waals surface area contributed by atoms with Gasteiger partial charge in [-0.1, -0.05) is 11.6 Å². The molecule has 0 amide bonds. The van der Waals surface area contributed by atoms with Crippen LogP contribution in [0.5, 0.6) is 0 Å². The van der Waals surface area contributed by atoms with Crippen molar-refractivity contribution >= 4 is 17.6 Å². The van der Waals surface area contributed by atoms with E-state index in [0.29, 0.717) is 16.4 Å². The van der Waals surface area contributed by atoms with Crippen molar-refractivity contribution in [1.82, 2.24) is 4.98 Å². The van der Waals surface area contributed by atoms with Gasteiger partial charge in [-0.15, -0.1) is 0 Å². The summed E-state index contributed by atoms with van der Waals surface area (Å²) in [5, 5.41) is 0.380. The maximum absolute atomic E-state index is 11.3. The van der Waals surface area contributed by atoms with Crippen molar-refractivity contribution in [2.75, 3.05) is 0 Å². The fourth-order valence-electron chi connectivity index (χ4n) is 1.39. The average molecular weight is 198 g/mol. The van der Waals surface area contributed by atoms with E-state index >= 15 is 0 Å². The van der Waals surface area contributed by atoms with Crippen molar-refractivity contribution in [3.8, 4) is 0 Å². The molecule has 4 heteroatoms. The van der Waals surface area contributed by atoms with Crippen molar-refractivity contribution in [3.05, 3.63) is 28.5 Å². The summed E-state index contributed by atoms with van der Waals surface area (Å²) < 4.78 is 5.11. The Hall–Kier alpha value is -1.09. The fraction of sp³-hybridized carbons (Fsp3) is 0.333. The lowest BCUT2D eigenvalue weighted by Gasteiger charge is -2.15. The van der Waals surface area contributed by atoms with E-state index in [-0.39, 0.29) is 5.97 Å². The third-order valence-corrected chi connectivity index (χ3v) is 2.21. The van der Waals surface area contributed by atoms with Crippen molar-refractivity contribution < 1.29 is 9.53 Å². The minimum atomic E-state index is -0.655. The zero-order valence-corrected chi connectivity index (χ0v) is 8.05. The smallest absolute Gasteiger partial charge is 0.341 e. The zero-order valence-electron chi connectivity index (χ0n) is 7.30. The van der Waals surface area contributed by atoms with Gasteiger partial charge in [0.2, 0.25) is 0 Å². The maximum atomic E-state index is 11.3. The van der Waals surface area contributed by atoms with Crippen LogP contribution < -0.4 is 0 Å². The highest BCUT2D eigenvalue weighted by Crippen LogP contribution is 2.34. The van der Waals surface area contributed by atoms with E-state index in [0.717, 1.165) is 0 Å². The van der Waals surface area contributed by atoms with Crippen LogP contribution in [0.2, 0.25) is 5.15 Å². The van der Waals surface area contributed by atoms with Crippen LogP contribution in [0, 0.1) is 0 Å². The molecule has 2 heterocycles. The van der Waals surface area contributed by atoms with Gasteiger partial charge in [0.25, 0.3) is 0 Å². The van der Waals surface area contributed by atoms with Gasteiger partial charge in [0.1, 0.15) is 10.8 Å². The molecule has 1 aromatic heterocycles. The SMILES string of the molecule is CC1(C)OC(=O)c2ccc(Cl)nc21. The van der Waals surface area contributed by atoms with E-state index in [1.165, 1.54) is 0 Å². The van der Waals surface area contributed by atoms with Crippen LogP contribution in [0.15, 0.2) is 12.1 Å². The first kappa shape index (κ1) is 8.51. The first-order chi connectivity index (χ1) is 6.00. The Morgan fingerprint density at radius 3 is 2.85 bits per heavy atom. The average Bonchev–Trinajstić information content (AvgIpc) is 2.23. The van der Waals surface area contributed by atoms with Gasteiger partial charge in [0.15, 0.2) is 0 Å². The molecule has 0 spiro atoms. The van der Waals surface area contributed by atoms with E-state index in [9.17, 15) is 4.79 Å². The number of nitrogens with zero attached hydrogens (tertiary/aromatic N) is 1. The molecule has 0 unspecified atom stereocenters. The number of carbonyl (C=O) groups excluding carboxylic acids is 1. The molecule has 3 nitrogen and oxygen atoms in total. The van der Waals surface area contributed by atoms with Crippen LogP contribution in [-0.2, 0) is 10.3 Å². The predicted molar refractivity (Wildman–Crippen MR) is 47.7 cm³/mol. The number of carbonyl (C=O) groups is 1. The van der Waals surface area contributed by atoms with Gasteiger partial charge in [0, 0.05) is 0 Å². The molecule has 68 valence electrons. The maximum Gasteiger partial charge on any atom is 0.341 e. The Balaban J connectivity index is 2.66. The Morgan fingerprint density at radius 2 is 2.15 bits per heavy atom. The molecule has 0 saturated heterocycles. The van der Waals surface area contributed by atoms with Gasteiger partial charge >= 0.3 is 5.97 Å².